The molecule has 1 amide bonds. The van der Waals surface area contributed by atoms with Crippen LogP contribution in [0.4, 0.5) is 0 Å². The zero-order chi connectivity index (χ0) is 16.5. The number of nitrogens with zero attached hydrogens (tertiary/aromatic N) is 3. The second-order valence-electron chi connectivity index (χ2n) is 5.96. The highest BCUT2D eigenvalue weighted by Crippen LogP contribution is 2.24. The summed E-state index contributed by atoms with van der Waals surface area (Å²) in [6.45, 7) is 3.46. The summed E-state index contributed by atoms with van der Waals surface area (Å²) in [5.41, 5.74) is 2.44. The van der Waals surface area contributed by atoms with Gasteiger partial charge in [-0.05, 0) is 19.1 Å². The number of aromatic amines is 1. The van der Waals surface area contributed by atoms with Crippen LogP contribution in [-0.2, 0) is 4.74 Å². The summed E-state index contributed by atoms with van der Waals surface area (Å²) in [5, 5.41) is 0.960. The van der Waals surface area contributed by atoms with Crippen LogP contribution in [0.15, 0.2) is 42.7 Å². The average Bonchev–Trinajstić information content (AvgIpc) is 3.07. The first kappa shape index (κ1) is 14.8. The topological polar surface area (TPSA) is 71.1 Å². The zero-order valence-electron chi connectivity index (χ0n) is 13.4. The molecule has 0 aliphatic carbocycles. The summed E-state index contributed by atoms with van der Waals surface area (Å²) in [6, 6.07) is 9.48. The number of carbonyl (C=O) groups excluding carboxylic acids is 1. The van der Waals surface area contributed by atoms with Crippen molar-refractivity contribution in [1.29, 1.82) is 0 Å². The molecule has 1 N–H and O–H groups in total. The number of imidazole rings is 1. The van der Waals surface area contributed by atoms with Crippen molar-refractivity contribution in [3.05, 3.63) is 59.8 Å². The molecule has 1 atom stereocenters. The van der Waals surface area contributed by atoms with Crippen molar-refractivity contribution in [2.75, 3.05) is 19.8 Å². The maximum Gasteiger partial charge on any atom is 0.256 e. The first-order valence-electron chi connectivity index (χ1n) is 7.97. The van der Waals surface area contributed by atoms with E-state index in [0.717, 1.165) is 22.4 Å². The molecule has 0 unspecified atom stereocenters. The third-order valence-corrected chi connectivity index (χ3v) is 4.26. The number of H-pyrrole nitrogens is 1. The van der Waals surface area contributed by atoms with Crippen molar-refractivity contribution in [2.24, 2.45) is 0 Å². The summed E-state index contributed by atoms with van der Waals surface area (Å²) >= 11 is 0. The molecule has 1 aliphatic heterocycles. The third-order valence-electron chi connectivity index (χ3n) is 4.26. The van der Waals surface area contributed by atoms with Crippen molar-refractivity contribution in [3.63, 3.8) is 0 Å². The summed E-state index contributed by atoms with van der Waals surface area (Å²) in [6.07, 6.45) is 3.41. The molecule has 0 spiro atoms. The molecule has 24 heavy (non-hydrogen) atoms. The van der Waals surface area contributed by atoms with Gasteiger partial charge in [-0.15, -0.1) is 0 Å². The fraction of sp³-hybridized carbons (Fsp3) is 0.278. The van der Waals surface area contributed by atoms with Crippen molar-refractivity contribution >= 4 is 16.8 Å². The Morgan fingerprint density at radius 2 is 2.17 bits per heavy atom. The van der Waals surface area contributed by atoms with E-state index in [0.29, 0.717) is 25.3 Å². The number of nitrogens with one attached hydrogen (secondary N) is 1. The number of pyridine rings is 1. The maximum atomic E-state index is 13.0. The molecule has 1 saturated heterocycles. The van der Waals surface area contributed by atoms with E-state index >= 15 is 0 Å². The Kier molecular flexibility index (Phi) is 3.74. The normalized spacial score (nSPS) is 18.0. The number of morpholine rings is 1. The molecule has 3 aromatic rings. The Balaban J connectivity index is 1.67. The Bertz CT molecular complexity index is 889. The average molecular weight is 322 g/mol. The van der Waals surface area contributed by atoms with Gasteiger partial charge in [0.1, 0.15) is 11.9 Å². The number of hydrogen-bond donors (Lipinski definition) is 1. The van der Waals surface area contributed by atoms with Crippen LogP contribution in [0, 0.1) is 6.92 Å². The van der Waals surface area contributed by atoms with E-state index in [4.69, 9.17) is 4.74 Å². The van der Waals surface area contributed by atoms with Gasteiger partial charge in [0.15, 0.2) is 0 Å². The lowest BCUT2D eigenvalue weighted by Gasteiger charge is -2.34. The summed E-state index contributed by atoms with van der Waals surface area (Å²) < 4.78 is 5.56. The van der Waals surface area contributed by atoms with Crippen LogP contribution in [-0.4, -0.2) is 45.5 Å². The molecule has 6 nitrogen and oxygen atoms in total. The molecule has 1 fully saturated rings. The van der Waals surface area contributed by atoms with Gasteiger partial charge in [0.2, 0.25) is 0 Å². The number of aryl methyl sites for hydroxylation is 1. The van der Waals surface area contributed by atoms with Gasteiger partial charge in [0, 0.05) is 30.0 Å². The van der Waals surface area contributed by atoms with Crippen molar-refractivity contribution in [3.8, 4) is 0 Å². The standard InChI is InChI=1S/C18H18N4O2/c1-12-9-20-17(21-12)16-11-24-7-6-22(16)18(23)14-8-13-4-2-3-5-15(13)19-10-14/h2-5,8-10,16H,6-7,11H2,1H3,(H,20,21)/t16-/m1/s1. The van der Waals surface area contributed by atoms with Crippen LogP contribution in [0.1, 0.15) is 27.9 Å². The molecule has 0 bridgehead atoms. The Morgan fingerprint density at radius 1 is 1.29 bits per heavy atom. The van der Waals surface area contributed by atoms with E-state index in [1.807, 2.05) is 42.2 Å². The highest BCUT2D eigenvalue weighted by Gasteiger charge is 2.31. The fourth-order valence-electron chi connectivity index (χ4n) is 3.03. The van der Waals surface area contributed by atoms with Gasteiger partial charge < -0.3 is 14.6 Å². The predicted molar refractivity (Wildman–Crippen MR) is 89.7 cm³/mol. The minimum atomic E-state index is -0.202. The minimum Gasteiger partial charge on any atom is -0.377 e. The number of carbonyl (C=O) groups is 1. The monoisotopic (exact) mass is 322 g/mol. The van der Waals surface area contributed by atoms with E-state index in [-0.39, 0.29) is 11.9 Å². The van der Waals surface area contributed by atoms with E-state index in [1.165, 1.54) is 0 Å². The number of amides is 1. The zero-order valence-corrected chi connectivity index (χ0v) is 13.4. The second kappa shape index (κ2) is 6.05. The largest absolute Gasteiger partial charge is 0.377 e. The molecule has 122 valence electrons. The SMILES string of the molecule is Cc1cnc([C@H]2COCCN2C(=O)c2cnc3ccccc3c2)[nH]1. The van der Waals surface area contributed by atoms with Crippen LogP contribution < -0.4 is 0 Å². The number of para-hydroxylation sites is 1. The molecule has 6 heteroatoms. The molecule has 1 aliphatic rings. The number of fused-ring (bicyclic) bond motifs is 1. The van der Waals surface area contributed by atoms with Crippen molar-refractivity contribution in [2.45, 2.75) is 13.0 Å². The summed E-state index contributed by atoms with van der Waals surface area (Å²) in [4.78, 5) is 26.8. The van der Waals surface area contributed by atoms with Gasteiger partial charge >= 0.3 is 0 Å². The van der Waals surface area contributed by atoms with Gasteiger partial charge in [-0.1, -0.05) is 18.2 Å². The number of rotatable bonds is 2. The molecule has 1 aromatic carbocycles. The maximum absolute atomic E-state index is 13.0. The van der Waals surface area contributed by atoms with Crippen molar-refractivity contribution < 1.29 is 9.53 Å². The van der Waals surface area contributed by atoms with Crippen LogP contribution in [0.25, 0.3) is 10.9 Å². The highest BCUT2D eigenvalue weighted by molar-refractivity contribution is 5.97. The summed E-state index contributed by atoms with van der Waals surface area (Å²) in [5.74, 6) is 0.713. The number of benzene rings is 1. The molecular formula is C18H18N4O2. The predicted octanol–water partition coefficient (Wildman–Crippen LogP) is 2.48. The Hall–Kier alpha value is -2.73. The quantitative estimate of drug-likeness (QED) is 0.787. The molecule has 0 saturated carbocycles. The first-order chi connectivity index (χ1) is 11.7. The van der Waals surface area contributed by atoms with E-state index in [2.05, 4.69) is 15.0 Å². The second-order valence-corrected chi connectivity index (χ2v) is 5.96. The van der Waals surface area contributed by atoms with E-state index in [1.54, 1.807) is 12.4 Å². The van der Waals surface area contributed by atoms with Gasteiger partial charge in [-0.3, -0.25) is 9.78 Å². The van der Waals surface area contributed by atoms with Crippen LogP contribution in [0.3, 0.4) is 0 Å². The van der Waals surface area contributed by atoms with Crippen LogP contribution in [0.5, 0.6) is 0 Å². The van der Waals surface area contributed by atoms with E-state index < -0.39 is 0 Å². The number of aromatic nitrogens is 3. The Morgan fingerprint density at radius 3 is 3.00 bits per heavy atom. The van der Waals surface area contributed by atoms with Crippen LogP contribution in [0.2, 0.25) is 0 Å². The lowest BCUT2D eigenvalue weighted by Crippen LogP contribution is -2.43. The molecule has 2 aromatic heterocycles. The lowest BCUT2D eigenvalue weighted by atomic mass is 10.1. The van der Waals surface area contributed by atoms with Crippen LogP contribution >= 0.6 is 0 Å². The molecular weight excluding hydrogens is 304 g/mol. The molecule has 4 rings (SSSR count). The molecule has 3 heterocycles. The van der Waals surface area contributed by atoms with Crippen molar-refractivity contribution in [1.82, 2.24) is 19.9 Å². The smallest absolute Gasteiger partial charge is 0.256 e. The lowest BCUT2D eigenvalue weighted by molar-refractivity contribution is -0.00502. The highest BCUT2D eigenvalue weighted by atomic mass is 16.5. The first-order valence-corrected chi connectivity index (χ1v) is 7.97. The van der Waals surface area contributed by atoms with Gasteiger partial charge in [-0.25, -0.2) is 4.98 Å². The summed E-state index contributed by atoms with van der Waals surface area (Å²) in [7, 11) is 0. The van der Waals surface area contributed by atoms with Gasteiger partial charge in [0.05, 0.1) is 24.3 Å². The fourth-order valence-corrected chi connectivity index (χ4v) is 3.03. The number of hydrogen-bond acceptors (Lipinski definition) is 4. The third kappa shape index (κ3) is 2.65. The van der Waals surface area contributed by atoms with Gasteiger partial charge in [0.25, 0.3) is 5.91 Å². The van der Waals surface area contributed by atoms with Gasteiger partial charge in [-0.2, -0.15) is 0 Å². The minimum absolute atomic E-state index is 0.0457. The molecule has 0 radical (unpaired) electrons. The van der Waals surface area contributed by atoms with E-state index in [9.17, 15) is 4.79 Å². The number of ether oxygens (including phenoxy) is 1. The Labute approximate surface area is 139 Å².